The third-order valence-electron chi connectivity index (χ3n) is 4.68. The zero-order chi connectivity index (χ0) is 21.2. The van der Waals surface area contributed by atoms with Gasteiger partial charge in [-0.2, -0.15) is 13.2 Å². The molecule has 1 heterocycles. The lowest BCUT2D eigenvalue weighted by molar-refractivity contribution is -0.184. The van der Waals surface area contributed by atoms with Gasteiger partial charge in [0.1, 0.15) is 0 Å². The maximum Gasteiger partial charge on any atom is 0.393 e. The number of halogens is 4. The van der Waals surface area contributed by atoms with Crippen LogP contribution in [0, 0.1) is 5.92 Å². The van der Waals surface area contributed by atoms with Gasteiger partial charge in [0.2, 0.25) is 0 Å². The molecule has 29 heavy (non-hydrogen) atoms. The van der Waals surface area contributed by atoms with Gasteiger partial charge in [-0.1, -0.05) is 11.6 Å². The summed E-state index contributed by atoms with van der Waals surface area (Å²) in [5.74, 6) is -2.09. The van der Waals surface area contributed by atoms with Crippen LogP contribution in [0.15, 0.2) is 53.4 Å². The number of likely N-dealkylation sites (tertiary alicyclic amines) is 1. The quantitative estimate of drug-likeness (QED) is 0.749. The van der Waals surface area contributed by atoms with Crippen LogP contribution in [0.3, 0.4) is 0 Å². The highest BCUT2D eigenvalue weighted by molar-refractivity contribution is 7.92. The van der Waals surface area contributed by atoms with Crippen molar-refractivity contribution in [3.63, 3.8) is 0 Å². The highest BCUT2D eigenvalue weighted by Crippen LogP contribution is 2.33. The molecule has 0 aromatic heterocycles. The van der Waals surface area contributed by atoms with Crippen LogP contribution in [0.25, 0.3) is 0 Å². The SMILES string of the molecule is O=C(c1ccc(S(=O)(=O)Nc2ccc(Cl)cc2)cc1)N1CCC[C@@H](C(F)(F)F)C1. The van der Waals surface area contributed by atoms with E-state index in [0.717, 1.165) is 4.90 Å². The summed E-state index contributed by atoms with van der Waals surface area (Å²) < 4.78 is 66.1. The lowest BCUT2D eigenvalue weighted by Crippen LogP contribution is -2.44. The Morgan fingerprint density at radius 3 is 2.28 bits per heavy atom. The molecule has 1 amide bonds. The fourth-order valence-electron chi connectivity index (χ4n) is 3.12. The molecule has 1 saturated heterocycles. The van der Waals surface area contributed by atoms with Crippen molar-refractivity contribution in [3.05, 3.63) is 59.1 Å². The normalized spacial score (nSPS) is 17.8. The number of benzene rings is 2. The van der Waals surface area contributed by atoms with E-state index in [9.17, 15) is 26.4 Å². The van der Waals surface area contributed by atoms with Crippen molar-refractivity contribution in [3.8, 4) is 0 Å². The zero-order valence-electron chi connectivity index (χ0n) is 15.1. The van der Waals surface area contributed by atoms with Crippen LogP contribution in [0.1, 0.15) is 23.2 Å². The van der Waals surface area contributed by atoms with Crippen molar-refractivity contribution in [2.75, 3.05) is 17.8 Å². The van der Waals surface area contributed by atoms with Gasteiger partial charge >= 0.3 is 6.18 Å². The Kier molecular flexibility index (Phi) is 6.09. The third-order valence-corrected chi connectivity index (χ3v) is 6.33. The second-order valence-corrected chi connectivity index (χ2v) is 8.89. The fourth-order valence-corrected chi connectivity index (χ4v) is 4.30. The van der Waals surface area contributed by atoms with E-state index < -0.39 is 28.0 Å². The number of carbonyl (C=O) groups excluding carboxylic acids is 1. The fraction of sp³-hybridized carbons (Fsp3) is 0.316. The molecular weight excluding hydrogens is 429 g/mol. The van der Waals surface area contributed by atoms with Crippen LogP contribution < -0.4 is 4.72 Å². The molecule has 1 atom stereocenters. The summed E-state index contributed by atoms with van der Waals surface area (Å²) in [6.07, 6.45) is -4.07. The van der Waals surface area contributed by atoms with Gasteiger partial charge in [-0.25, -0.2) is 8.42 Å². The molecule has 0 aliphatic carbocycles. The summed E-state index contributed by atoms with van der Waals surface area (Å²) in [6.45, 7) is -0.149. The Bertz CT molecular complexity index is 977. The zero-order valence-corrected chi connectivity index (χ0v) is 16.7. The number of anilines is 1. The number of rotatable bonds is 4. The molecule has 0 unspecified atom stereocenters. The van der Waals surface area contributed by atoms with Crippen molar-refractivity contribution in [2.45, 2.75) is 23.9 Å². The van der Waals surface area contributed by atoms with Crippen LogP contribution in [0.5, 0.6) is 0 Å². The lowest BCUT2D eigenvalue weighted by Gasteiger charge is -2.33. The number of hydrogen-bond donors (Lipinski definition) is 1. The van der Waals surface area contributed by atoms with Crippen LogP contribution in [-0.2, 0) is 10.0 Å². The second-order valence-electron chi connectivity index (χ2n) is 6.77. The molecule has 1 N–H and O–H groups in total. The lowest BCUT2D eigenvalue weighted by atomic mass is 9.97. The molecule has 0 spiro atoms. The highest BCUT2D eigenvalue weighted by Gasteiger charge is 2.42. The molecule has 5 nitrogen and oxygen atoms in total. The first-order valence-electron chi connectivity index (χ1n) is 8.81. The van der Waals surface area contributed by atoms with Crippen LogP contribution in [0.4, 0.5) is 18.9 Å². The third kappa shape index (κ3) is 5.22. The first-order chi connectivity index (χ1) is 13.6. The molecule has 0 bridgehead atoms. The van der Waals surface area contributed by atoms with Gasteiger partial charge < -0.3 is 4.90 Å². The molecule has 1 fully saturated rings. The molecule has 3 rings (SSSR count). The van der Waals surface area contributed by atoms with E-state index in [4.69, 9.17) is 11.6 Å². The molecule has 2 aromatic rings. The first-order valence-corrected chi connectivity index (χ1v) is 10.7. The van der Waals surface area contributed by atoms with Crippen LogP contribution in [-0.4, -0.2) is 38.5 Å². The number of hydrogen-bond acceptors (Lipinski definition) is 3. The van der Waals surface area contributed by atoms with Crippen LogP contribution >= 0.6 is 11.6 Å². The Morgan fingerprint density at radius 2 is 1.69 bits per heavy atom. The van der Waals surface area contributed by atoms with Crippen molar-refractivity contribution >= 4 is 33.2 Å². The standard InChI is InChI=1S/C19H18ClF3N2O3S/c20-15-5-7-16(8-6-15)24-29(27,28)17-9-3-13(4-10-17)18(26)25-11-1-2-14(12-25)19(21,22)23/h3-10,14,24H,1-2,11-12H2/t14-/m1/s1. The summed E-state index contributed by atoms with van der Waals surface area (Å²) in [5.41, 5.74) is 0.458. The average Bonchev–Trinajstić information content (AvgIpc) is 2.68. The topological polar surface area (TPSA) is 66.5 Å². The molecule has 10 heteroatoms. The number of piperidine rings is 1. The summed E-state index contributed by atoms with van der Waals surface area (Å²) in [5, 5.41) is 0.460. The molecule has 1 aliphatic heterocycles. The van der Waals surface area contributed by atoms with E-state index in [1.807, 2.05) is 0 Å². The van der Waals surface area contributed by atoms with Crippen molar-refractivity contribution in [1.82, 2.24) is 4.90 Å². The number of nitrogens with zero attached hydrogens (tertiary/aromatic N) is 1. The monoisotopic (exact) mass is 446 g/mol. The van der Waals surface area contributed by atoms with E-state index in [1.54, 1.807) is 0 Å². The van der Waals surface area contributed by atoms with Crippen LogP contribution in [0.2, 0.25) is 5.02 Å². The van der Waals surface area contributed by atoms with Gasteiger partial charge in [0, 0.05) is 29.4 Å². The summed E-state index contributed by atoms with van der Waals surface area (Å²) in [4.78, 5) is 13.6. The minimum atomic E-state index is -4.34. The van der Waals surface area contributed by atoms with Crippen molar-refractivity contribution < 1.29 is 26.4 Å². The molecule has 0 radical (unpaired) electrons. The van der Waals surface area contributed by atoms with Gasteiger partial charge in [-0.3, -0.25) is 9.52 Å². The van der Waals surface area contributed by atoms with Gasteiger partial charge in [-0.05, 0) is 61.4 Å². The van der Waals surface area contributed by atoms with Gasteiger partial charge in [0.15, 0.2) is 0 Å². The summed E-state index contributed by atoms with van der Waals surface area (Å²) in [7, 11) is -3.89. The Balaban J connectivity index is 1.72. The number of alkyl halides is 3. The molecule has 0 saturated carbocycles. The number of sulfonamides is 1. The van der Waals surface area contributed by atoms with E-state index in [2.05, 4.69) is 4.72 Å². The minimum Gasteiger partial charge on any atom is -0.338 e. The Morgan fingerprint density at radius 1 is 1.07 bits per heavy atom. The Labute approximate surface area is 171 Å². The van der Waals surface area contributed by atoms with Crippen molar-refractivity contribution in [2.24, 2.45) is 5.92 Å². The van der Waals surface area contributed by atoms with Gasteiger partial charge in [-0.15, -0.1) is 0 Å². The van der Waals surface area contributed by atoms with Crippen molar-refractivity contribution in [1.29, 1.82) is 0 Å². The highest BCUT2D eigenvalue weighted by atomic mass is 35.5. The smallest absolute Gasteiger partial charge is 0.338 e. The predicted molar refractivity (Wildman–Crippen MR) is 103 cm³/mol. The average molecular weight is 447 g/mol. The molecule has 2 aromatic carbocycles. The van der Waals surface area contributed by atoms with E-state index in [1.165, 1.54) is 48.5 Å². The van der Waals surface area contributed by atoms with E-state index >= 15 is 0 Å². The molecule has 1 aliphatic rings. The first kappa shape index (κ1) is 21.4. The summed E-state index contributed by atoms with van der Waals surface area (Å²) >= 11 is 5.77. The van der Waals surface area contributed by atoms with E-state index in [0.29, 0.717) is 10.7 Å². The molecule has 156 valence electrons. The maximum absolute atomic E-state index is 12.9. The summed E-state index contributed by atoms with van der Waals surface area (Å²) in [6, 6.07) is 11.2. The molecular formula is C19H18ClF3N2O3S. The predicted octanol–water partition coefficient (Wildman–Crippen LogP) is 4.56. The van der Waals surface area contributed by atoms with Gasteiger partial charge in [0.05, 0.1) is 10.8 Å². The van der Waals surface area contributed by atoms with E-state index in [-0.39, 0.29) is 36.4 Å². The minimum absolute atomic E-state index is 0.000822. The second kappa shape index (κ2) is 8.23. The number of amides is 1. The van der Waals surface area contributed by atoms with Gasteiger partial charge in [0.25, 0.3) is 15.9 Å². The number of nitrogens with one attached hydrogen (secondary N) is 1. The number of carbonyl (C=O) groups is 1. The maximum atomic E-state index is 12.9. The Hall–Kier alpha value is -2.26. The largest absolute Gasteiger partial charge is 0.393 e.